The lowest BCUT2D eigenvalue weighted by Crippen LogP contribution is -2.16. The molecule has 146 valence electrons. The summed E-state index contributed by atoms with van der Waals surface area (Å²) in [5.41, 5.74) is 1.14. The summed E-state index contributed by atoms with van der Waals surface area (Å²) in [5, 5.41) is 16.5. The van der Waals surface area contributed by atoms with Gasteiger partial charge in [0.1, 0.15) is 0 Å². The Morgan fingerprint density at radius 3 is 2.64 bits per heavy atom. The Labute approximate surface area is 158 Å². The van der Waals surface area contributed by atoms with E-state index in [0.29, 0.717) is 17.0 Å². The van der Waals surface area contributed by atoms with Crippen molar-refractivity contribution in [1.29, 1.82) is 0 Å². The highest BCUT2D eigenvalue weighted by atomic mass is 19.4. The summed E-state index contributed by atoms with van der Waals surface area (Å²) in [4.78, 5) is 16.2. The van der Waals surface area contributed by atoms with Crippen molar-refractivity contribution in [1.82, 2.24) is 14.8 Å². The molecule has 1 amide bonds. The predicted molar refractivity (Wildman–Crippen MR) is 96.3 cm³/mol. The number of hydrogen-bond acceptors (Lipinski definition) is 4. The van der Waals surface area contributed by atoms with Crippen molar-refractivity contribution in [2.24, 2.45) is 0 Å². The number of halogens is 3. The van der Waals surface area contributed by atoms with E-state index in [1.165, 1.54) is 35.1 Å². The summed E-state index contributed by atoms with van der Waals surface area (Å²) >= 11 is 0. The molecule has 1 aromatic carbocycles. The lowest BCUT2D eigenvalue weighted by Gasteiger charge is -2.10. The van der Waals surface area contributed by atoms with Gasteiger partial charge in [0.25, 0.3) is 0 Å². The molecule has 0 saturated heterocycles. The minimum absolute atomic E-state index is 0.0353. The summed E-state index contributed by atoms with van der Waals surface area (Å²) in [6.45, 7) is 3.36. The second-order valence-electron chi connectivity index (χ2n) is 6.21. The van der Waals surface area contributed by atoms with Crippen molar-refractivity contribution in [3.63, 3.8) is 0 Å². The van der Waals surface area contributed by atoms with E-state index in [2.05, 4.69) is 15.4 Å². The second-order valence-corrected chi connectivity index (χ2v) is 6.21. The number of aromatic nitrogens is 3. The maximum Gasteiger partial charge on any atom is 0.416 e. The molecule has 28 heavy (non-hydrogen) atoms. The Kier molecular flexibility index (Phi) is 5.08. The van der Waals surface area contributed by atoms with E-state index in [4.69, 9.17) is 0 Å². The third-order valence-electron chi connectivity index (χ3n) is 4.24. The molecule has 0 saturated carbocycles. The number of anilines is 1. The minimum Gasteiger partial charge on any atom is -0.504 e. The summed E-state index contributed by atoms with van der Waals surface area (Å²) in [7, 11) is 0. The van der Waals surface area contributed by atoms with Crippen LogP contribution < -0.4 is 5.32 Å². The van der Waals surface area contributed by atoms with Gasteiger partial charge in [0.2, 0.25) is 5.91 Å². The quantitative estimate of drug-likeness (QED) is 0.710. The number of carbonyl (C=O) groups is 1. The van der Waals surface area contributed by atoms with Crippen molar-refractivity contribution in [2.45, 2.75) is 26.4 Å². The van der Waals surface area contributed by atoms with Gasteiger partial charge in [0.15, 0.2) is 11.6 Å². The van der Waals surface area contributed by atoms with Gasteiger partial charge in [-0.25, -0.2) is 9.67 Å². The van der Waals surface area contributed by atoms with Gasteiger partial charge in [0.05, 0.1) is 23.4 Å². The number of alkyl halides is 3. The molecule has 9 heteroatoms. The van der Waals surface area contributed by atoms with Crippen molar-refractivity contribution in [3.05, 3.63) is 65.1 Å². The molecular weight excluding hydrogens is 373 g/mol. The number of aromatic hydroxyl groups is 1. The fourth-order valence-electron chi connectivity index (χ4n) is 2.83. The van der Waals surface area contributed by atoms with Gasteiger partial charge in [-0.05, 0) is 44.2 Å². The van der Waals surface area contributed by atoms with Crippen LogP contribution in [-0.4, -0.2) is 25.8 Å². The van der Waals surface area contributed by atoms with Crippen LogP contribution >= 0.6 is 0 Å². The van der Waals surface area contributed by atoms with E-state index < -0.39 is 17.6 Å². The topological polar surface area (TPSA) is 80.0 Å². The molecule has 6 nitrogen and oxygen atoms in total. The summed E-state index contributed by atoms with van der Waals surface area (Å²) < 4.78 is 40.3. The molecule has 0 radical (unpaired) electrons. The van der Waals surface area contributed by atoms with E-state index in [-0.39, 0.29) is 23.7 Å². The first-order chi connectivity index (χ1) is 13.2. The van der Waals surface area contributed by atoms with Crippen molar-refractivity contribution in [2.75, 3.05) is 5.32 Å². The number of pyridine rings is 1. The third kappa shape index (κ3) is 3.98. The second kappa shape index (κ2) is 7.34. The summed E-state index contributed by atoms with van der Waals surface area (Å²) in [6.07, 6.45) is -3.09. The molecule has 0 unspecified atom stereocenters. The van der Waals surface area contributed by atoms with Crippen molar-refractivity contribution in [3.8, 4) is 11.4 Å². The molecule has 0 atom stereocenters. The largest absolute Gasteiger partial charge is 0.504 e. The average Bonchev–Trinajstić information content (AvgIpc) is 2.91. The van der Waals surface area contributed by atoms with E-state index in [9.17, 15) is 23.1 Å². The van der Waals surface area contributed by atoms with Gasteiger partial charge in [0, 0.05) is 17.5 Å². The van der Waals surface area contributed by atoms with Crippen molar-refractivity contribution >= 4 is 11.7 Å². The van der Waals surface area contributed by atoms with Crippen LogP contribution in [0.5, 0.6) is 5.75 Å². The molecule has 2 heterocycles. The van der Waals surface area contributed by atoms with Crippen LogP contribution in [0.1, 0.15) is 22.5 Å². The Morgan fingerprint density at radius 2 is 1.96 bits per heavy atom. The van der Waals surface area contributed by atoms with Gasteiger partial charge in [-0.15, -0.1) is 0 Å². The fraction of sp³-hybridized carbons (Fsp3) is 0.211. The van der Waals surface area contributed by atoms with Crippen LogP contribution in [0.25, 0.3) is 5.69 Å². The zero-order valence-corrected chi connectivity index (χ0v) is 15.1. The van der Waals surface area contributed by atoms with Gasteiger partial charge < -0.3 is 10.4 Å². The highest BCUT2D eigenvalue weighted by molar-refractivity contribution is 5.92. The molecule has 0 aliphatic heterocycles. The number of rotatable bonds is 4. The number of benzene rings is 1. The highest BCUT2D eigenvalue weighted by Crippen LogP contribution is 2.31. The molecule has 0 spiro atoms. The van der Waals surface area contributed by atoms with Gasteiger partial charge in [-0.1, -0.05) is 6.07 Å². The van der Waals surface area contributed by atoms with Gasteiger partial charge in [-0.2, -0.15) is 18.3 Å². The smallest absolute Gasteiger partial charge is 0.416 e. The van der Waals surface area contributed by atoms with E-state index in [1.807, 2.05) is 0 Å². The fourth-order valence-corrected chi connectivity index (χ4v) is 2.83. The lowest BCUT2D eigenvalue weighted by atomic mass is 10.1. The van der Waals surface area contributed by atoms with Crippen LogP contribution in [0.2, 0.25) is 0 Å². The number of nitrogens with one attached hydrogen (secondary N) is 1. The first-order valence-electron chi connectivity index (χ1n) is 8.33. The lowest BCUT2D eigenvalue weighted by molar-refractivity contribution is -0.137. The van der Waals surface area contributed by atoms with Crippen LogP contribution in [0, 0.1) is 13.8 Å². The monoisotopic (exact) mass is 390 g/mol. The average molecular weight is 390 g/mol. The SMILES string of the molecule is Cc1nn(-c2cccc(C(F)(F)F)c2)c(C)c1CC(=O)Nc1ncccc1O. The molecule has 2 aromatic heterocycles. The Hall–Kier alpha value is -3.36. The van der Waals surface area contributed by atoms with Crippen LogP contribution in [0.15, 0.2) is 42.6 Å². The molecule has 0 aliphatic carbocycles. The number of carbonyl (C=O) groups excluding carboxylic acids is 1. The molecular formula is C19H17F3N4O2. The standard InChI is InChI=1S/C19H17F3N4O2/c1-11-15(10-17(28)24-18-16(27)7-4-8-23-18)12(2)26(25-11)14-6-3-5-13(9-14)19(20,21)22/h3-9,27H,10H2,1-2H3,(H,23,24,28). The number of aryl methyl sites for hydroxylation is 1. The highest BCUT2D eigenvalue weighted by Gasteiger charge is 2.30. The zero-order valence-electron chi connectivity index (χ0n) is 15.1. The Bertz CT molecular complexity index is 1030. The maximum atomic E-state index is 13.0. The molecule has 3 rings (SSSR count). The van der Waals surface area contributed by atoms with E-state index in [1.54, 1.807) is 13.8 Å². The third-order valence-corrected chi connectivity index (χ3v) is 4.24. The predicted octanol–water partition coefficient (Wildman–Crippen LogP) is 3.79. The number of amides is 1. The van der Waals surface area contributed by atoms with Gasteiger partial charge >= 0.3 is 6.18 Å². The van der Waals surface area contributed by atoms with Crippen LogP contribution in [0.3, 0.4) is 0 Å². The van der Waals surface area contributed by atoms with Crippen LogP contribution in [-0.2, 0) is 17.4 Å². The zero-order chi connectivity index (χ0) is 20.5. The summed E-state index contributed by atoms with van der Waals surface area (Å²) in [5.74, 6) is -0.555. The Morgan fingerprint density at radius 1 is 1.21 bits per heavy atom. The number of nitrogens with zero attached hydrogens (tertiary/aromatic N) is 3. The molecule has 0 bridgehead atoms. The van der Waals surface area contributed by atoms with E-state index in [0.717, 1.165) is 12.1 Å². The molecule has 2 N–H and O–H groups in total. The molecule has 3 aromatic rings. The molecule has 0 aliphatic rings. The first kappa shape index (κ1) is 19.4. The summed E-state index contributed by atoms with van der Waals surface area (Å²) in [6, 6.07) is 7.75. The first-order valence-corrected chi connectivity index (χ1v) is 8.33. The van der Waals surface area contributed by atoms with Crippen LogP contribution in [0.4, 0.5) is 19.0 Å². The maximum absolute atomic E-state index is 13.0. The minimum atomic E-state index is -4.46. The normalized spacial score (nSPS) is 11.5. The van der Waals surface area contributed by atoms with Gasteiger partial charge in [-0.3, -0.25) is 4.79 Å². The van der Waals surface area contributed by atoms with Crippen molar-refractivity contribution < 1.29 is 23.1 Å². The Balaban J connectivity index is 1.86. The number of hydrogen-bond donors (Lipinski definition) is 2. The molecule has 0 fully saturated rings. The van der Waals surface area contributed by atoms with E-state index >= 15 is 0 Å².